The fourth-order valence-electron chi connectivity index (χ4n) is 4.12. The highest BCUT2D eigenvalue weighted by atomic mass is 16.5. The van der Waals surface area contributed by atoms with Crippen molar-refractivity contribution in [3.63, 3.8) is 0 Å². The average Bonchev–Trinajstić information content (AvgIpc) is 2.61. The molecule has 4 unspecified atom stereocenters. The van der Waals surface area contributed by atoms with Gasteiger partial charge in [0, 0.05) is 40.5 Å². The van der Waals surface area contributed by atoms with Crippen molar-refractivity contribution in [3.05, 3.63) is 0 Å². The molecule has 4 atom stereocenters. The molecule has 0 aliphatic carbocycles. The number of unbranched alkanes of at least 4 members (excludes halogenated alkanes) is 1. The molecule has 0 aromatic rings. The van der Waals surface area contributed by atoms with Gasteiger partial charge in [0.25, 0.3) is 0 Å². The highest BCUT2D eigenvalue weighted by Gasteiger charge is 2.47. The number of methoxy groups -OCH3 is 4. The Bertz CT molecular complexity index is 308. The SMILES string of the molecule is CCCCC(CC)CC(COC)(C(C)C)C(OC)C(CCOC)OC. The molecular weight excluding hydrogens is 316 g/mol. The normalized spacial score (nSPS) is 18.1. The summed E-state index contributed by atoms with van der Waals surface area (Å²) in [5.74, 6) is 1.13. The minimum atomic E-state index is -0.0632. The van der Waals surface area contributed by atoms with E-state index in [9.17, 15) is 0 Å². The molecule has 0 radical (unpaired) electrons. The minimum Gasteiger partial charge on any atom is -0.385 e. The van der Waals surface area contributed by atoms with Gasteiger partial charge in [-0.05, 0) is 24.7 Å². The fraction of sp³-hybridized carbons (Fsp3) is 1.00. The third kappa shape index (κ3) is 7.54. The van der Waals surface area contributed by atoms with Crippen LogP contribution in [0.5, 0.6) is 0 Å². The Morgan fingerprint density at radius 2 is 1.56 bits per heavy atom. The first-order valence-corrected chi connectivity index (χ1v) is 10.0. The topological polar surface area (TPSA) is 36.9 Å². The number of rotatable bonds is 16. The zero-order valence-electron chi connectivity index (χ0n) is 18.1. The van der Waals surface area contributed by atoms with Crippen LogP contribution in [0.15, 0.2) is 0 Å². The maximum Gasteiger partial charge on any atom is 0.0914 e. The van der Waals surface area contributed by atoms with E-state index in [2.05, 4.69) is 27.7 Å². The zero-order chi connectivity index (χ0) is 19.3. The second-order valence-corrected chi connectivity index (χ2v) is 7.65. The van der Waals surface area contributed by atoms with Crippen LogP contribution in [0.3, 0.4) is 0 Å². The van der Waals surface area contributed by atoms with Crippen LogP contribution in [0.25, 0.3) is 0 Å². The van der Waals surface area contributed by atoms with Gasteiger partial charge in [0.2, 0.25) is 0 Å². The summed E-state index contributed by atoms with van der Waals surface area (Å²) in [7, 11) is 7.12. The number of ether oxygens (including phenoxy) is 4. The van der Waals surface area contributed by atoms with E-state index in [4.69, 9.17) is 18.9 Å². The Labute approximate surface area is 156 Å². The van der Waals surface area contributed by atoms with E-state index in [0.717, 1.165) is 12.8 Å². The first-order valence-electron chi connectivity index (χ1n) is 10.0. The van der Waals surface area contributed by atoms with Gasteiger partial charge in [0.1, 0.15) is 0 Å². The second-order valence-electron chi connectivity index (χ2n) is 7.65. The molecule has 0 spiro atoms. The Morgan fingerprint density at radius 3 is 1.96 bits per heavy atom. The molecule has 0 saturated carbocycles. The molecule has 0 heterocycles. The maximum absolute atomic E-state index is 6.07. The predicted molar refractivity (Wildman–Crippen MR) is 105 cm³/mol. The lowest BCUT2D eigenvalue weighted by Gasteiger charge is -2.47. The summed E-state index contributed by atoms with van der Waals surface area (Å²) in [6.07, 6.45) is 6.94. The quantitative estimate of drug-likeness (QED) is 0.390. The van der Waals surface area contributed by atoms with Crippen molar-refractivity contribution < 1.29 is 18.9 Å². The summed E-state index contributed by atoms with van der Waals surface area (Å²) in [6.45, 7) is 10.5. The Hall–Kier alpha value is -0.160. The lowest BCUT2D eigenvalue weighted by Crippen LogP contribution is -2.52. The van der Waals surface area contributed by atoms with Gasteiger partial charge in [0.05, 0.1) is 18.8 Å². The zero-order valence-corrected chi connectivity index (χ0v) is 18.1. The molecule has 0 aromatic carbocycles. The first kappa shape index (κ1) is 24.8. The van der Waals surface area contributed by atoms with Gasteiger partial charge >= 0.3 is 0 Å². The first-order chi connectivity index (χ1) is 12.0. The average molecular weight is 361 g/mol. The van der Waals surface area contributed by atoms with Crippen molar-refractivity contribution in [1.29, 1.82) is 0 Å². The second kappa shape index (κ2) is 14.0. The van der Waals surface area contributed by atoms with Crippen LogP contribution < -0.4 is 0 Å². The Kier molecular flexibility index (Phi) is 13.9. The van der Waals surface area contributed by atoms with Gasteiger partial charge in [-0.15, -0.1) is 0 Å². The van der Waals surface area contributed by atoms with E-state index in [0.29, 0.717) is 25.0 Å². The Morgan fingerprint density at radius 1 is 0.880 bits per heavy atom. The van der Waals surface area contributed by atoms with Crippen LogP contribution >= 0.6 is 0 Å². The molecule has 4 nitrogen and oxygen atoms in total. The minimum absolute atomic E-state index is 0.00572. The van der Waals surface area contributed by atoms with Gasteiger partial charge < -0.3 is 18.9 Å². The van der Waals surface area contributed by atoms with Gasteiger partial charge in [0.15, 0.2) is 0 Å². The van der Waals surface area contributed by atoms with Gasteiger partial charge in [-0.2, -0.15) is 0 Å². The molecule has 0 bridgehead atoms. The van der Waals surface area contributed by atoms with Crippen LogP contribution in [-0.4, -0.2) is 53.9 Å². The van der Waals surface area contributed by atoms with E-state index in [1.807, 2.05) is 7.11 Å². The van der Waals surface area contributed by atoms with E-state index < -0.39 is 0 Å². The van der Waals surface area contributed by atoms with E-state index in [-0.39, 0.29) is 17.6 Å². The van der Waals surface area contributed by atoms with Crippen molar-refractivity contribution in [2.24, 2.45) is 17.3 Å². The molecule has 0 aromatic heterocycles. The molecule has 152 valence electrons. The molecule has 0 saturated heterocycles. The standard InChI is InChI=1S/C21H44O4/c1-9-11-12-18(10-2)15-21(16-23-6,17(3)4)20(25-8)19(24-7)13-14-22-5/h17-20H,9-16H2,1-8H3. The van der Waals surface area contributed by atoms with Gasteiger partial charge in [-0.1, -0.05) is 53.4 Å². The smallest absolute Gasteiger partial charge is 0.0914 e. The number of hydrogen-bond acceptors (Lipinski definition) is 4. The Balaban J connectivity index is 5.63. The lowest BCUT2D eigenvalue weighted by atomic mass is 9.65. The lowest BCUT2D eigenvalue weighted by molar-refractivity contribution is -0.154. The molecule has 0 rings (SSSR count). The molecule has 0 amide bonds. The fourth-order valence-corrected chi connectivity index (χ4v) is 4.12. The molecule has 0 aliphatic rings. The largest absolute Gasteiger partial charge is 0.385 e. The van der Waals surface area contributed by atoms with Crippen molar-refractivity contribution >= 4 is 0 Å². The summed E-state index contributed by atoms with van der Waals surface area (Å²) >= 11 is 0. The van der Waals surface area contributed by atoms with Crippen LogP contribution in [0.2, 0.25) is 0 Å². The van der Waals surface area contributed by atoms with Crippen LogP contribution in [0, 0.1) is 17.3 Å². The van der Waals surface area contributed by atoms with Crippen molar-refractivity contribution in [3.8, 4) is 0 Å². The highest BCUT2D eigenvalue weighted by Crippen LogP contribution is 2.44. The van der Waals surface area contributed by atoms with Gasteiger partial charge in [-0.25, -0.2) is 0 Å². The highest BCUT2D eigenvalue weighted by molar-refractivity contribution is 4.95. The summed E-state index contributed by atoms with van der Waals surface area (Å²) in [5, 5.41) is 0. The molecule has 0 fully saturated rings. The monoisotopic (exact) mass is 360 g/mol. The molecule has 25 heavy (non-hydrogen) atoms. The molecule has 4 heteroatoms. The van der Waals surface area contributed by atoms with Crippen LogP contribution in [0.4, 0.5) is 0 Å². The molecular formula is C21H44O4. The summed E-state index contributed by atoms with van der Waals surface area (Å²) in [4.78, 5) is 0. The summed E-state index contributed by atoms with van der Waals surface area (Å²) in [6, 6.07) is 0. The summed E-state index contributed by atoms with van der Waals surface area (Å²) in [5.41, 5.74) is -0.0632. The van der Waals surface area contributed by atoms with E-state index in [1.54, 1.807) is 21.3 Å². The van der Waals surface area contributed by atoms with E-state index in [1.165, 1.54) is 25.7 Å². The summed E-state index contributed by atoms with van der Waals surface area (Å²) < 4.78 is 22.9. The van der Waals surface area contributed by atoms with E-state index >= 15 is 0 Å². The van der Waals surface area contributed by atoms with Crippen molar-refractivity contribution in [2.75, 3.05) is 41.7 Å². The van der Waals surface area contributed by atoms with Crippen molar-refractivity contribution in [1.82, 2.24) is 0 Å². The van der Waals surface area contributed by atoms with Crippen LogP contribution in [0.1, 0.15) is 66.2 Å². The van der Waals surface area contributed by atoms with Crippen molar-refractivity contribution in [2.45, 2.75) is 78.4 Å². The molecule has 0 aliphatic heterocycles. The maximum atomic E-state index is 6.07. The predicted octanol–water partition coefficient (Wildman–Crippen LogP) is 4.95. The molecule has 0 N–H and O–H groups in total. The van der Waals surface area contributed by atoms with Gasteiger partial charge in [-0.3, -0.25) is 0 Å². The number of hydrogen-bond donors (Lipinski definition) is 0. The third-order valence-corrected chi connectivity index (χ3v) is 5.84. The van der Waals surface area contributed by atoms with Crippen LogP contribution in [-0.2, 0) is 18.9 Å². The third-order valence-electron chi connectivity index (χ3n) is 5.84.